The molecule has 1 amide bonds. The number of hydrogen-bond donors (Lipinski definition) is 1. The molecule has 0 radical (unpaired) electrons. The first-order chi connectivity index (χ1) is 13.9. The van der Waals surface area contributed by atoms with Crippen LogP contribution in [-0.4, -0.2) is 54.9 Å². The molecule has 2 saturated heterocycles. The number of carbonyl (C=O) groups excluding carboxylic acids is 1. The number of nitrogens with zero attached hydrogens (tertiary/aromatic N) is 2. The maximum absolute atomic E-state index is 13.0. The van der Waals surface area contributed by atoms with Crippen LogP contribution in [0.25, 0.3) is 0 Å². The fraction of sp³-hybridized carbons (Fsp3) is 0.650. The van der Waals surface area contributed by atoms with Crippen LogP contribution in [0.2, 0.25) is 0 Å². The average molecular weight is 448 g/mol. The van der Waals surface area contributed by atoms with E-state index >= 15 is 0 Å². The predicted octanol–water partition coefficient (Wildman–Crippen LogP) is 3.05. The topological polar surface area (TPSA) is 69.7 Å². The molecule has 2 heterocycles. The second kappa shape index (κ2) is 8.12. The number of rotatable bonds is 5. The number of carbonyl (C=O) groups is 1. The summed E-state index contributed by atoms with van der Waals surface area (Å²) in [7, 11) is -4.06. The van der Waals surface area contributed by atoms with Crippen molar-refractivity contribution in [3.63, 3.8) is 0 Å². The minimum absolute atomic E-state index is 0.0281. The van der Waals surface area contributed by atoms with Crippen molar-refractivity contribution < 1.29 is 26.4 Å². The molecule has 3 rings (SSSR count). The Morgan fingerprint density at radius 2 is 1.87 bits per heavy atom. The Morgan fingerprint density at radius 3 is 2.40 bits per heavy atom. The molecule has 0 bridgehead atoms. The third kappa shape index (κ3) is 4.22. The number of amides is 1. The monoisotopic (exact) mass is 447 g/mol. The van der Waals surface area contributed by atoms with E-state index in [2.05, 4.69) is 5.32 Å². The SMILES string of the molecule is CCN1C(=O)[C@@H](CC(C)C)NC12CCN(S(=O)(=O)c1cccc(C(F)(F)F)c1)CC2. The van der Waals surface area contributed by atoms with Gasteiger partial charge in [-0.25, -0.2) is 8.42 Å². The molecule has 0 saturated carbocycles. The molecule has 30 heavy (non-hydrogen) atoms. The van der Waals surface area contributed by atoms with Gasteiger partial charge in [0.05, 0.1) is 22.2 Å². The minimum atomic E-state index is -4.61. The van der Waals surface area contributed by atoms with Crippen LogP contribution in [-0.2, 0) is 21.0 Å². The Hall–Kier alpha value is -1.65. The number of halogens is 3. The molecule has 1 N–H and O–H groups in total. The van der Waals surface area contributed by atoms with Gasteiger partial charge in [-0.15, -0.1) is 0 Å². The van der Waals surface area contributed by atoms with Gasteiger partial charge in [-0.2, -0.15) is 17.5 Å². The van der Waals surface area contributed by atoms with E-state index in [4.69, 9.17) is 0 Å². The number of sulfonamides is 1. The Labute approximate surface area is 175 Å². The van der Waals surface area contributed by atoms with Crippen molar-refractivity contribution in [2.45, 2.75) is 62.8 Å². The normalized spacial score (nSPS) is 23.0. The second-order valence-electron chi connectivity index (χ2n) is 8.37. The summed E-state index contributed by atoms with van der Waals surface area (Å²) in [4.78, 5) is 14.2. The van der Waals surface area contributed by atoms with E-state index in [0.29, 0.717) is 37.8 Å². The largest absolute Gasteiger partial charge is 0.416 e. The molecule has 1 atom stereocenters. The summed E-state index contributed by atoms with van der Waals surface area (Å²) < 4.78 is 66.1. The fourth-order valence-corrected chi connectivity index (χ4v) is 5.93. The number of alkyl halides is 3. The number of likely N-dealkylation sites (N-methyl/N-ethyl adjacent to an activating group) is 1. The van der Waals surface area contributed by atoms with Gasteiger partial charge in [-0.3, -0.25) is 10.1 Å². The average Bonchev–Trinajstić information content (AvgIpc) is 2.91. The fourth-order valence-electron chi connectivity index (χ4n) is 4.45. The second-order valence-corrected chi connectivity index (χ2v) is 10.3. The van der Waals surface area contributed by atoms with Crippen LogP contribution in [0.5, 0.6) is 0 Å². The molecular weight excluding hydrogens is 419 g/mol. The third-order valence-electron chi connectivity index (χ3n) is 5.90. The Bertz CT molecular complexity index is 894. The molecule has 0 aromatic heterocycles. The summed E-state index contributed by atoms with van der Waals surface area (Å²) in [5.41, 5.74) is -1.60. The molecule has 0 unspecified atom stereocenters. The zero-order valence-corrected chi connectivity index (χ0v) is 18.2. The number of hydrogen-bond acceptors (Lipinski definition) is 4. The first kappa shape index (κ1) is 23.0. The van der Waals surface area contributed by atoms with Gasteiger partial charge in [0.1, 0.15) is 0 Å². The van der Waals surface area contributed by atoms with E-state index in [-0.39, 0.29) is 29.9 Å². The lowest BCUT2D eigenvalue weighted by molar-refractivity contribution is -0.137. The minimum Gasteiger partial charge on any atom is -0.323 e. The summed E-state index contributed by atoms with van der Waals surface area (Å²) in [5, 5.41) is 3.44. The zero-order valence-electron chi connectivity index (χ0n) is 17.4. The third-order valence-corrected chi connectivity index (χ3v) is 7.79. The smallest absolute Gasteiger partial charge is 0.323 e. The zero-order chi connectivity index (χ0) is 22.3. The molecule has 1 aromatic rings. The van der Waals surface area contributed by atoms with E-state index in [1.165, 1.54) is 10.4 Å². The maximum Gasteiger partial charge on any atom is 0.416 e. The lowest BCUT2D eigenvalue weighted by Crippen LogP contribution is -2.59. The quantitative estimate of drug-likeness (QED) is 0.753. The van der Waals surface area contributed by atoms with E-state index in [9.17, 15) is 26.4 Å². The van der Waals surface area contributed by atoms with Crippen LogP contribution in [0, 0.1) is 5.92 Å². The van der Waals surface area contributed by atoms with Crippen LogP contribution < -0.4 is 5.32 Å². The van der Waals surface area contributed by atoms with Crippen LogP contribution in [0.4, 0.5) is 13.2 Å². The summed E-state index contributed by atoms with van der Waals surface area (Å²) in [6.45, 7) is 6.75. The van der Waals surface area contributed by atoms with E-state index in [0.717, 1.165) is 12.1 Å². The van der Waals surface area contributed by atoms with Gasteiger partial charge in [0.25, 0.3) is 0 Å². The number of nitrogens with one attached hydrogen (secondary N) is 1. The van der Waals surface area contributed by atoms with Gasteiger partial charge in [0.2, 0.25) is 15.9 Å². The highest BCUT2D eigenvalue weighted by Crippen LogP contribution is 2.36. The lowest BCUT2D eigenvalue weighted by atomic mass is 9.97. The van der Waals surface area contributed by atoms with Crippen molar-refractivity contribution in [1.82, 2.24) is 14.5 Å². The molecule has 2 aliphatic rings. The van der Waals surface area contributed by atoms with Gasteiger partial charge in [0, 0.05) is 19.6 Å². The maximum atomic E-state index is 13.0. The highest BCUT2D eigenvalue weighted by atomic mass is 32.2. The van der Waals surface area contributed by atoms with Gasteiger partial charge in [-0.1, -0.05) is 19.9 Å². The summed E-state index contributed by atoms with van der Waals surface area (Å²) in [6.07, 6.45) is -3.14. The van der Waals surface area contributed by atoms with Crippen molar-refractivity contribution in [2.75, 3.05) is 19.6 Å². The van der Waals surface area contributed by atoms with Crippen molar-refractivity contribution >= 4 is 15.9 Å². The predicted molar refractivity (Wildman–Crippen MR) is 106 cm³/mol. The Morgan fingerprint density at radius 1 is 1.23 bits per heavy atom. The van der Waals surface area contributed by atoms with Crippen LogP contribution >= 0.6 is 0 Å². The molecule has 2 aliphatic heterocycles. The summed E-state index contributed by atoms with van der Waals surface area (Å²) >= 11 is 0. The van der Waals surface area contributed by atoms with Crippen molar-refractivity contribution in [3.8, 4) is 0 Å². The number of piperidine rings is 1. The standard InChI is InChI=1S/C20H28F3N3O3S/c1-4-26-18(27)17(12-14(2)3)24-19(26)8-10-25(11-9-19)30(28,29)16-7-5-6-15(13-16)20(21,22)23/h5-7,13-14,17,24H,4,8-12H2,1-3H3/t17-/m1/s1. The van der Waals surface area contributed by atoms with Crippen LogP contribution in [0.1, 0.15) is 45.6 Å². The van der Waals surface area contributed by atoms with E-state index in [1.807, 2.05) is 20.8 Å². The molecule has 10 heteroatoms. The van der Waals surface area contributed by atoms with Crippen LogP contribution in [0.3, 0.4) is 0 Å². The van der Waals surface area contributed by atoms with Crippen molar-refractivity contribution in [1.29, 1.82) is 0 Å². The molecule has 1 spiro atoms. The van der Waals surface area contributed by atoms with Crippen LogP contribution in [0.15, 0.2) is 29.2 Å². The molecule has 1 aromatic carbocycles. The Kier molecular flexibility index (Phi) is 6.23. The summed E-state index contributed by atoms with van der Waals surface area (Å²) in [5.74, 6) is 0.363. The van der Waals surface area contributed by atoms with Crippen molar-refractivity contribution in [3.05, 3.63) is 29.8 Å². The Balaban J connectivity index is 1.78. The molecule has 168 valence electrons. The number of benzene rings is 1. The lowest BCUT2D eigenvalue weighted by Gasteiger charge is -2.44. The van der Waals surface area contributed by atoms with E-state index < -0.39 is 27.4 Å². The molecule has 6 nitrogen and oxygen atoms in total. The first-order valence-corrected chi connectivity index (χ1v) is 11.6. The van der Waals surface area contributed by atoms with Gasteiger partial charge >= 0.3 is 6.18 Å². The first-order valence-electron chi connectivity index (χ1n) is 10.2. The molecular formula is C20H28F3N3O3S. The highest BCUT2D eigenvalue weighted by molar-refractivity contribution is 7.89. The molecule has 2 fully saturated rings. The van der Waals surface area contributed by atoms with Crippen molar-refractivity contribution in [2.24, 2.45) is 5.92 Å². The highest BCUT2D eigenvalue weighted by Gasteiger charge is 2.51. The van der Waals surface area contributed by atoms with Gasteiger partial charge < -0.3 is 4.90 Å². The summed E-state index contributed by atoms with van der Waals surface area (Å²) in [6, 6.07) is 3.52. The van der Waals surface area contributed by atoms with Gasteiger partial charge in [0.15, 0.2) is 0 Å². The molecule has 0 aliphatic carbocycles. The van der Waals surface area contributed by atoms with Gasteiger partial charge in [-0.05, 0) is 50.3 Å². The van der Waals surface area contributed by atoms with E-state index in [1.54, 1.807) is 4.90 Å².